The van der Waals surface area contributed by atoms with Gasteiger partial charge in [-0.2, -0.15) is 0 Å². The molecule has 1 aromatic heterocycles. The summed E-state index contributed by atoms with van der Waals surface area (Å²) in [5.41, 5.74) is 3.51. The lowest BCUT2D eigenvalue weighted by molar-refractivity contribution is 0.205. The van der Waals surface area contributed by atoms with Crippen LogP contribution >= 0.6 is 0 Å². The van der Waals surface area contributed by atoms with E-state index in [1.54, 1.807) is 49.5 Å². The highest BCUT2D eigenvalue weighted by atomic mass is 19.1. The Balaban J connectivity index is 1.56. The lowest BCUT2D eigenvalue weighted by Gasteiger charge is -2.25. The van der Waals surface area contributed by atoms with Gasteiger partial charge < -0.3 is 24.3 Å². The van der Waals surface area contributed by atoms with Crippen molar-refractivity contribution >= 4 is 11.7 Å². The number of rotatable bonds is 9. The first-order valence-corrected chi connectivity index (χ1v) is 11.3. The van der Waals surface area contributed by atoms with Crippen molar-refractivity contribution in [3.63, 3.8) is 0 Å². The number of aromatic nitrogens is 1. The lowest BCUT2D eigenvalue weighted by Crippen LogP contribution is -2.34. The molecule has 0 unspecified atom stereocenters. The van der Waals surface area contributed by atoms with Crippen molar-refractivity contribution < 1.29 is 18.7 Å². The summed E-state index contributed by atoms with van der Waals surface area (Å²) in [5, 5.41) is 2.98. The predicted octanol–water partition coefficient (Wildman–Crippen LogP) is 5.93. The minimum Gasteiger partial charge on any atom is -0.497 e. The quantitative estimate of drug-likeness (QED) is 0.328. The van der Waals surface area contributed by atoms with Crippen molar-refractivity contribution in [1.29, 1.82) is 0 Å². The number of carbonyl (C=O) groups excluding carboxylic acids is 1. The molecular weight excluding hydrogens is 445 g/mol. The first-order valence-electron chi connectivity index (χ1n) is 11.3. The standard InChI is InChI=1S/C28H28FN3O3/c1-34-25-14-15-26(27(17-25)35-2)30-28(33)32(19-21-7-4-3-5-8-21)20-24-9-6-16-31(24)18-22-10-12-23(29)13-11-22/h3-17H,18-20H2,1-2H3,(H,30,33). The Morgan fingerprint density at radius 2 is 1.66 bits per heavy atom. The molecule has 7 heteroatoms. The number of benzene rings is 3. The van der Waals surface area contributed by atoms with Gasteiger partial charge in [-0.25, -0.2) is 9.18 Å². The van der Waals surface area contributed by atoms with Gasteiger partial charge in [0.05, 0.1) is 26.5 Å². The van der Waals surface area contributed by atoms with Crippen molar-refractivity contribution in [3.05, 3.63) is 114 Å². The maximum Gasteiger partial charge on any atom is 0.322 e. The van der Waals surface area contributed by atoms with E-state index in [4.69, 9.17) is 9.47 Å². The minimum atomic E-state index is -0.263. The van der Waals surface area contributed by atoms with Gasteiger partial charge in [0.1, 0.15) is 17.3 Å². The van der Waals surface area contributed by atoms with Crippen molar-refractivity contribution in [1.82, 2.24) is 9.47 Å². The van der Waals surface area contributed by atoms with Crippen LogP contribution in [0, 0.1) is 5.82 Å². The number of ether oxygens (including phenoxy) is 2. The van der Waals surface area contributed by atoms with Gasteiger partial charge >= 0.3 is 6.03 Å². The zero-order valence-corrected chi connectivity index (χ0v) is 19.8. The molecule has 3 aromatic carbocycles. The van der Waals surface area contributed by atoms with Gasteiger partial charge in [-0.05, 0) is 47.5 Å². The topological polar surface area (TPSA) is 55.7 Å². The lowest BCUT2D eigenvalue weighted by atomic mass is 10.2. The number of hydrogen-bond acceptors (Lipinski definition) is 3. The van der Waals surface area contributed by atoms with Crippen LogP contribution in [0.25, 0.3) is 0 Å². The van der Waals surface area contributed by atoms with Gasteiger partial charge in [-0.15, -0.1) is 0 Å². The Labute approximate surface area is 204 Å². The van der Waals surface area contributed by atoms with E-state index in [-0.39, 0.29) is 11.8 Å². The molecule has 35 heavy (non-hydrogen) atoms. The summed E-state index contributed by atoms with van der Waals surface area (Å²) in [6, 6.07) is 25.2. The summed E-state index contributed by atoms with van der Waals surface area (Å²) in [4.78, 5) is 15.2. The van der Waals surface area contributed by atoms with E-state index in [0.29, 0.717) is 36.8 Å². The van der Waals surface area contributed by atoms with Crippen LogP contribution < -0.4 is 14.8 Å². The van der Waals surface area contributed by atoms with Gasteiger partial charge in [-0.1, -0.05) is 42.5 Å². The van der Waals surface area contributed by atoms with E-state index < -0.39 is 0 Å². The molecule has 180 valence electrons. The maximum absolute atomic E-state index is 13.5. The van der Waals surface area contributed by atoms with Crippen molar-refractivity contribution in [2.75, 3.05) is 19.5 Å². The second-order valence-electron chi connectivity index (χ2n) is 8.09. The SMILES string of the molecule is COc1ccc(NC(=O)N(Cc2ccccc2)Cc2cccn2Cc2ccc(F)cc2)c(OC)c1. The fourth-order valence-corrected chi connectivity index (χ4v) is 3.83. The smallest absolute Gasteiger partial charge is 0.322 e. The van der Waals surface area contributed by atoms with Crippen molar-refractivity contribution in [2.45, 2.75) is 19.6 Å². The summed E-state index contributed by atoms with van der Waals surface area (Å²) in [5.74, 6) is 0.887. The zero-order valence-electron chi connectivity index (χ0n) is 19.8. The molecule has 0 aliphatic carbocycles. The molecular formula is C28H28FN3O3. The number of halogens is 1. The van der Waals surface area contributed by atoms with Crippen LogP contribution in [0.1, 0.15) is 16.8 Å². The van der Waals surface area contributed by atoms with Crippen molar-refractivity contribution in [3.8, 4) is 11.5 Å². The highest BCUT2D eigenvalue weighted by Gasteiger charge is 2.18. The number of nitrogens with zero attached hydrogens (tertiary/aromatic N) is 2. The molecule has 1 heterocycles. The first-order chi connectivity index (χ1) is 17.1. The number of anilines is 1. The molecule has 4 aromatic rings. The number of urea groups is 1. The fraction of sp³-hybridized carbons (Fsp3) is 0.179. The summed E-state index contributed by atoms with van der Waals surface area (Å²) in [6.07, 6.45) is 1.96. The van der Waals surface area contributed by atoms with Gasteiger partial charge in [-0.3, -0.25) is 0 Å². The van der Waals surface area contributed by atoms with Gasteiger partial charge in [0, 0.05) is 31.0 Å². The van der Waals surface area contributed by atoms with Crippen LogP contribution in [0.4, 0.5) is 14.9 Å². The fourth-order valence-electron chi connectivity index (χ4n) is 3.83. The Morgan fingerprint density at radius 1 is 0.886 bits per heavy atom. The van der Waals surface area contributed by atoms with E-state index in [9.17, 15) is 9.18 Å². The van der Waals surface area contributed by atoms with Crippen LogP contribution in [0.3, 0.4) is 0 Å². The summed E-state index contributed by atoms with van der Waals surface area (Å²) < 4.78 is 26.1. The molecule has 0 aliphatic rings. The molecule has 0 radical (unpaired) electrons. The van der Waals surface area contributed by atoms with Crippen LogP contribution in [0.15, 0.2) is 91.1 Å². The number of methoxy groups -OCH3 is 2. The third-order valence-electron chi connectivity index (χ3n) is 5.70. The molecule has 1 N–H and O–H groups in total. The third-order valence-corrected chi connectivity index (χ3v) is 5.70. The second-order valence-corrected chi connectivity index (χ2v) is 8.09. The van der Waals surface area contributed by atoms with Crippen LogP contribution in [-0.4, -0.2) is 29.7 Å². The molecule has 0 fully saturated rings. The molecule has 6 nitrogen and oxygen atoms in total. The Bertz CT molecular complexity index is 1260. The minimum absolute atomic E-state index is 0.258. The molecule has 2 amide bonds. The zero-order chi connectivity index (χ0) is 24.6. The van der Waals surface area contributed by atoms with Gasteiger partial charge in [0.2, 0.25) is 0 Å². The molecule has 0 aliphatic heterocycles. The number of nitrogens with one attached hydrogen (secondary N) is 1. The normalized spacial score (nSPS) is 10.6. The number of hydrogen-bond donors (Lipinski definition) is 1. The van der Waals surface area contributed by atoms with Crippen LogP contribution in [-0.2, 0) is 19.6 Å². The molecule has 0 spiro atoms. The summed E-state index contributed by atoms with van der Waals surface area (Å²) >= 11 is 0. The summed E-state index contributed by atoms with van der Waals surface area (Å²) in [7, 11) is 3.13. The number of carbonyl (C=O) groups is 1. The van der Waals surface area contributed by atoms with E-state index in [1.807, 2.05) is 48.7 Å². The third kappa shape index (κ3) is 6.20. The molecule has 0 atom stereocenters. The molecule has 0 bridgehead atoms. The highest BCUT2D eigenvalue weighted by Crippen LogP contribution is 2.29. The van der Waals surface area contributed by atoms with Gasteiger partial charge in [0.15, 0.2) is 0 Å². The largest absolute Gasteiger partial charge is 0.497 e. The second kappa shape index (κ2) is 11.2. The average Bonchev–Trinajstić information content (AvgIpc) is 3.32. The van der Waals surface area contributed by atoms with E-state index in [1.165, 1.54) is 12.1 Å². The Morgan fingerprint density at radius 3 is 2.37 bits per heavy atom. The van der Waals surface area contributed by atoms with Gasteiger partial charge in [0.25, 0.3) is 0 Å². The summed E-state index contributed by atoms with van der Waals surface area (Å²) in [6.45, 7) is 1.38. The van der Waals surface area contributed by atoms with Crippen LogP contribution in [0.5, 0.6) is 11.5 Å². The van der Waals surface area contributed by atoms with Crippen molar-refractivity contribution in [2.24, 2.45) is 0 Å². The average molecular weight is 474 g/mol. The van der Waals surface area contributed by atoms with Crippen LogP contribution in [0.2, 0.25) is 0 Å². The van der Waals surface area contributed by atoms with E-state index >= 15 is 0 Å². The Hall–Kier alpha value is -4.26. The monoisotopic (exact) mass is 473 g/mol. The number of amides is 2. The first kappa shape index (κ1) is 23.9. The Kier molecular flexibility index (Phi) is 7.67. The molecule has 4 rings (SSSR count). The molecule has 0 saturated carbocycles. The van der Waals surface area contributed by atoms with E-state index in [0.717, 1.165) is 16.8 Å². The highest BCUT2D eigenvalue weighted by molar-refractivity contribution is 5.91. The predicted molar refractivity (Wildman–Crippen MR) is 134 cm³/mol. The maximum atomic E-state index is 13.5. The molecule has 0 saturated heterocycles. The van der Waals surface area contributed by atoms with E-state index in [2.05, 4.69) is 9.88 Å².